The number of nitrogens with zero attached hydrogens (tertiary/aromatic N) is 1. The molecule has 9 heteroatoms. The van der Waals surface area contributed by atoms with Crippen molar-refractivity contribution in [1.29, 1.82) is 0 Å². The molecule has 106 valence electrons. The van der Waals surface area contributed by atoms with Crippen LogP contribution < -0.4 is 5.32 Å². The maximum absolute atomic E-state index is 12.2. The number of carboxylic acid groups (broad SMARTS) is 1. The fourth-order valence-corrected chi connectivity index (χ4v) is 1.19. The van der Waals surface area contributed by atoms with Gasteiger partial charge >= 0.3 is 12.0 Å². The van der Waals surface area contributed by atoms with Gasteiger partial charge < -0.3 is 25.5 Å². The summed E-state index contributed by atoms with van der Waals surface area (Å²) in [6.45, 7) is -2.22. The fraction of sp³-hybridized carbons (Fsp3) is 0.778. The van der Waals surface area contributed by atoms with Gasteiger partial charge in [-0.1, -0.05) is 0 Å². The highest BCUT2D eigenvalue weighted by molar-refractivity contribution is 5.82. The van der Waals surface area contributed by atoms with E-state index in [4.69, 9.17) is 15.3 Å². The molecule has 0 bridgehead atoms. The topological polar surface area (TPSA) is 110 Å². The molecule has 0 aromatic heterocycles. The lowest BCUT2D eigenvalue weighted by Gasteiger charge is -2.23. The van der Waals surface area contributed by atoms with Crippen LogP contribution in [-0.4, -0.2) is 71.0 Å². The summed E-state index contributed by atoms with van der Waals surface area (Å²) >= 11 is 0. The monoisotopic (exact) mass is 270 g/mol. The molecule has 0 spiro atoms. The molecule has 0 saturated carbocycles. The molecule has 0 aliphatic carbocycles. The largest absolute Gasteiger partial charge is 0.480 e. The first kappa shape index (κ1) is 16.5. The SMILES string of the molecule is O=C(O)C(CCO)NC(=O)N(CCO)CC(F)F. The molecule has 18 heavy (non-hydrogen) atoms. The highest BCUT2D eigenvalue weighted by atomic mass is 19.3. The van der Waals surface area contributed by atoms with Gasteiger partial charge in [0.25, 0.3) is 6.43 Å². The van der Waals surface area contributed by atoms with E-state index >= 15 is 0 Å². The Kier molecular flexibility index (Phi) is 7.88. The number of aliphatic hydroxyl groups is 2. The van der Waals surface area contributed by atoms with Crippen LogP contribution in [0.1, 0.15) is 6.42 Å². The highest BCUT2D eigenvalue weighted by Crippen LogP contribution is 2.00. The minimum atomic E-state index is -2.79. The molecule has 7 nitrogen and oxygen atoms in total. The summed E-state index contributed by atoms with van der Waals surface area (Å²) < 4.78 is 24.3. The number of halogens is 2. The summed E-state index contributed by atoms with van der Waals surface area (Å²) in [6, 6.07) is -2.38. The second-order valence-corrected chi connectivity index (χ2v) is 3.41. The van der Waals surface area contributed by atoms with E-state index in [1.165, 1.54) is 0 Å². The van der Waals surface area contributed by atoms with Gasteiger partial charge in [-0.25, -0.2) is 18.4 Å². The first-order chi connectivity index (χ1) is 8.42. The number of amides is 2. The molecular weight excluding hydrogens is 254 g/mol. The Hall–Kier alpha value is -1.48. The van der Waals surface area contributed by atoms with Crippen molar-refractivity contribution in [3.8, 4) is 0 Å². The van der Waals surface area contributed by atoms with Crippen molar-refractivity contribution < 1.29 is 33.7 Å². The van der Waals surface area contributed by atoms with Gasteiger partial charge in [0, 0.05) is 19.6 Å². The lowest BCUT2D eigenvalue weighted by atomic mass is 10.2. The standard InChI is InChI=1S/C9H16F2N2O5/c10-7(11)5-13(2-4-15)9(18)12-6(1-3-14)8(16)17/h6-7,14-15H,1-5H2,(H,12,18)(H,16,17). The third-order valence-corrected chi connectivity index (χ3v) is 2.03. The van der Waals surface area contributed by atoms with E-state index in [0.29, 0.717) is 4.90 Å². The van der Waals surface area contributed by atoms with Crippen molar-refractivity contribution in [2.45, 2.75) is 18.9 Å². The van der Waals surface area contributed by atoms with Crippen LogP contribution in [0.25, 0.3) is 0 Å². The number of hydrogen-bond donors (Lipinski definition) is 4. The first-order valence-electron chi connectivity index (χ1n) is 5.20. The van der Waals surface area contributed by atoms with E-state index in [1.54, 1.807) is 0 Å². The lowest BCUT2D eigenvalue weighted by Crippen LogP contribution is -2.50. The zero-order valence-electron chi connectivity index (χ0n) is 9.55. The summed E-state index contributed by atoms with van der Waals surface area (Å²) in [6.07, 6.45) is -3.02. The number of nitrogens with one attached hydrogen (secondary N) is 1. The van der Waals surface area contributed by atoms with E-state index in [2.05, 4.69) is 0 Å². The van der Waals surface area contributed by atoms with Crippen LogP contribution in [0.15, 0.2) is 0 Å². The Bertz CT molecular complexity index is 278. The number of urea groups is 1. The fourth-order valence-electron chi connectivity index (χ4n) is 1.19. The summed E-state index contributed by atoms with van der Waals surface area (Å²) in [5.74, 6) is -1.38. The van der Waals surface area contributed by atoms with Crippen LogP contribution in [-0.2, 0) is 4.79 Å². The number of carbonyl (C=O) groups excluding carboxylic acids is 1. The molecular formula is C9H16F2N2O5. The Morgan fingerprint density at radius 3 is 2.22 bits per heavy atom. The average Bonchev–Trinajstić information content (AvgIpc) is 2.27. The molecule has 0 fully saturated rings. The van der Waals surface area contributed by atoms with Gasteiger partial charge in [0.15, 0.2) is 0 Å². The molecule has 2 amide bonds. The molecule has 1 atom stereocenters. The van der Waals surface area contributed by atoms with E-state index in [1.807, 2.05) is 5.32 Å². The van der Waals surface area contributed by atoms with Gasteiger partial charge in [0.1, 0.15) is 6.04 Å². The van der Waals surface area contributed by atoms with Gasteiger partial charge in [-0.2, -0.15) is 0 Å². The molecule has 0 heterocycles. The Morgan fingerprint density at radius 1 is 1.22 bits per heavy atom. The summed E-state index contributed by atoms with van der Waals surface area (Å²) in [4.78, 5) is 22.8. The summed E-state index contributed by atoms with van der Waals surface area (Å²) in [5, 5.41) is 27.9. The van der Waals surface area contributed by atoms with Gasteiger partial charge in [0.05, 0.1) is 13.2 Å². The van der Waals surface area contributed by atoms with E-state index in [9.17, 15) is 18.4 Å². The molecule has 0 aliphatic rings. The molecule has 1 unspecified atom stereocenters. The predicted octanol–water partition coefficient (Wildman–Crippen LogP) is -0.909. The maximum Gasteiger partial charge on any atom is 0.326 e. The second kappa shape index (κ2) is 8.59. The molecule has 0 saturated heterocycles. The quantitative estimate of drug-likeness (QED) is 0.456. The zero-order chi connectivity index (χ0) is 14.1. The molecule has 0 radical (unpaired) electrons. The van der Waals surface area contributed by atoms with Crippen molar-refractivity contribution >= 4 is 12.0 Å². The summed E-state index contributed by atoms with van der Waals surface area (Å²) in [5.41, 5.74) is 0. The minimum absolute atomic E-state index is 0.233. The number of carbonyl (C=O) groups is 2. The lowest BCUT2D eigenvalue weighted by molar-refractivity contribution is -0.139. The van der Waals surface area contributed by atoms with E-state index < -0.39 is 44.2 Å². The number of aliphatic hydroxyl groups excluding tert-OH is 2. The van der Waals surface area contributed by atoms with Crippen LogP contribution in [0.2, 0.25) is 0 Å². The number of aliphatic carboxylic acids is 1. The van der Waals surface area contributed by atoms with Crippen LogP contribution in [0.5, 0.6) is 0 Å². The van der Waals surface area contributed by atoms with Crippen molar-refractivity contribution in [3.63, 3.8) is 0 Å². The van der Waals surface area contributed by atoms with Gasteiger partial charge in [-0.05, 0) is 0 Å². The predicted molar refractivity (Wildman–Crippen MR) is 56.3 cm³/mol. The zero-order valence-corrected chi connectivity index (χ0v) is 9.55. The smallest absolute Gasteiger partial charge is 0.326 e. The summed E-state index contributed by atoms with van der Waals surface area (Å²) in [7, 11) is 0. The molecule has 0 aromatic rings. The molecule has 0 aliphatic heterocycles. The van der Waals surface area contributed by atoms with Crippen molar-refractivity contribution in [2.75, 3.05) is 26.3 Å². The minimum Gasteiger partial charge on any atom is -0.480 e. The van der Waals surface area contributed by atoms with Crippen LogP contribution >= 0.6 is 0 Å². The molecule has 0 rings (SSSR count). The van der Waals surface area contributed by atoms with Crippen molar-refractivity contribution in [3.05, 3.63) is 0 Å². The van der Waals surface area contributed by atoms with Crippen LogP contribution in [0.3, 0.4) is 0 Å². The number of alkyl halides is 2. The number of carboxylic acids is 1. The normalized spacial score (nSPS) is 12.3. The first-order valence-corrected chi connectivity index (χ1v) is 5.20. The third kappa shape index (κ3) is 6.30. The highest BCUT2D eigenvalue weighted by Gasteiger charge is 2.24. The molecule has 4 N–H and O–H groups in total. The molecule has 0 aromatic carbocycles. The third-order valence-electron chi connectivity index (χ3n) is 2.03. The van der Waals surface area contributed by atoms with Crippen LogP contribution in [0, 0.1) is 0 Å². The Balaban J connectivity index is 4.50. The Labute approximate surface area is 102 Å². The number of rotatable bonds is 8. The van der Waals surface area contributed by atoms with E-state index in [-0.39, 0.29) is 13.0 Å². The van der Waals surface area contributed by atoms with Gasteiger partial charge in [-0.15, -0.1) is 0 Å². The van der Waals surface area contributed by atoms with Crippen molar-refractivity contribution in [2.24, 2.45) is 0 Å². The van der Waals surface area contributed by atoms with E-state index in [0.717, 1.165) is 0 Å². The average molecular weight is 270 g/mol. The number of hydrogen-bond acceptors (Lipinski definition) is 4. The van der Waals surface area contributed by atoms with Gasteiger partial charge in [-0.3, -0.25) is 0 Å². The maximum atomic E-state index is 12.2. The van der Waals surface area contributed by atoms with Crippen molar-refractivity contribution in [1.82, 2.24) is 10.2 Å². The van der Waals surface area contributed by atoms with Gasteiger partial charge in [0.2, 0.25) is 0 Å². The van der Waals surface area contributed by atoms with Crippen LogP contribution in [0.4, 0.5) is 13.6 Å². The Morgan fingerprint density at radius 2 is 1.83 bits per heavy atom. The second-order valence-electron chi connectivity index (χ2n) is 3.41.